The van der Waals surface area contributed by atoms with Gasteiger partial charge in [0.15, 0.2) is 0 Å². The fraction of sp³-hybridized carbons (Fsp3) is 0.179. The number of nitrogens with zero attached hydrogens (tertiary/aromatic N) is 2. The van der Waals surface area contributed by atoms with Crippen molar-refractivity contribution in [3.63, 3.8) is 0 Å². The second-order valence-corrected chi connectivity index (χ2v) is 23.8. The summed E-state index contributed by atoms with van der Waals surface area (Å²) in [5.41, 5.74) is 6.34. The summed E-state index contributed by atoms with van der Waals surface area (Å²) < 4.78 is 12.3. The maximum absolute atomic E-state index is 8.34. The quantitative estimate of drug-likeness (QED) is 0.130. The molecule has 0 spiro atoms. The van der Waals surface area contributed by atoms with Crippen LogP contribution in [-0.4, -0.2) is 23.2 Å². The molecule has 0 atom stereocenters. The standard InChI is InChI=1S/C24H18NS.C15H18GeN.Ir/c1-15(2)17-12-13-25-22(14-17)21-9-5-8-19-20-11-10-16-6-3-4-7-18(16)23(20)26-24(19)21;1-12-10-15(13-8-6-5-7-9-13)17-11-14(12)16(2,3)4;/h3-8,10-15H,1-2H3;5-8,10-11H,1-4H3;/q2*-1;/i15D;;. The molecule has 223 valence electrons. The number of hydrogen-bond acceptors (Lipinski definition) is 3. The Balaban J connectivity index is 0.000000193. The predicted octanol–water partition coefficient (Wildman–Crippen LogP) is 10.6. The van der Waals surface area contributed by atoms with Gasteiger partial charge in [-0.1, -0.05) is 67.3 Å². The molecule has 3 heterocycles. The molecule has 0 bridgehead atoms. The van der Waals surface area contributed by atoms with Gasteiger partial charge < -0.3 is 4.98 Å². The minimum absolute atomic E-state index is 0. The zero-order valence-corrected chi connectivity index (χ0v) is 31.3. The summed E-state index contributed by atoms with van der Waals surface area (Å²) in [4.78, 5) is 9.19. The number of thiophene rings is 1. The van der Waals surface area contributed by atoms with Crippen LogP contribution in [0.2, 0.25) is 17.3 Å². The van der Waals surface area contributed by atoms with Gasteiger partial charge in [-0.25, -0.2) is 0 Å². The van der Waals surface area contributed by atoms with Crippen LogP contribution >= 0.6 is 11.3 Å². The molecule has 0 fully saturated rings. The maximum atomic E-state index is 8.34. The van der Waals surface area contributed by atoms with E-state index in [0.717, 1.165) is 28.1 Å². The maximum Gasteiger partial charge on any atom is 0.0346 e. The molecule has 0 amide bonds. The molecule has 0 N–H and O–H groups in total. The second kappa shape index (κ2) is 13.5. The number of aryl methyl sites for hydroxylation is 1. The van der Waals surface area contributed by atoms with E-state index in [9.17, 15) is 0 Å². The normalized spacial score (nSPS) is 12.0. The van der Waals surface area contributed by atoms with Crippen LogP contribution in [0.1, 0.15) is 32.2 Å². The molecule has 2 nitrogen and oxygen atoms in total. The molecule has 7 aromatic rings. The molecular weight excluding hydrogens is 793 g/mol. The van der Waals surface area contributed by atoms with Gasteiger partial charge in [0.25, 0.3) is 0 Å². The Bertz CT molecular complexity index is 2110. The van der Waals surface area contributed by atoms with Gasteiger partial charge in [-0.15, -0.1) is 23.8 Å². The van der Waals surface area contributed by atoms with Crippen molar-refractivity contribution < 1.29 is 21.5 Å². The summed E-state index contributed by atoms with van der Waals surface area (Å²) in [5.74, 6) is 6.55. The van der Waals surface area contributed by atoms with Gasteiger partial charge in [-0.2, -0.15) is 11.3 Å². The average Bonchev–Trinajstić information content (AvgIpc) is 3.40. The van der Waals surface area contributed by atoms with Gasteiger partial charge in [-0.05, 0) is 38.5 Å². The van der Waals surface area contributed by atoms with Gasteiger partial charge in [0.05, 0.1) is 0 Å². The predicted molar refractivity (Wildman–Crippen MR) is 189 cm³/mol. The Kier molecular flexibility index (Phi) is 9.44. The van der Waals surface area contributed by atoms with E-state index in [4.69, 9.17) is 1.37 Å². The first-order chi connectivity index (χ1) is 21.0. The SMILES string of the molecule is Cc1cc(-c2[c-]cccc2)nc[c]1[Ge]([CH3])([CH3])[CH3].[2H]C(C)(C)c1ccnc(-c2[c-]ccc3c2sc2c4ccccc4ccc32)c1.[Ir]. The van der Waals surface area contributed by atoms with Gasteiger partial charge in [0.2, 0.25) is 0 Å². The van der Waals surface area contributed by atoms with Crippen molar-refractivity contribution >= 4 is 59.9 Å². The third kappa shape index (κ3) is 6.60. The molecule has 3 aromatic heterocycles. The van der Waals surface area contributed by atoms with Crippen LogP contribution in [0, 0.1) is 19.1 Å². The number of rotatable bonds is 4. The average molecular weight is 831 g/mol. The first kappa shape index (κ1) is 30.9. The van der Waals surface area contributed by atoms with Crippen molar-refractivity contribution in [1.29, 1.82) is 0 Å². The summed E-state index contributed by atoms with van der Waals surface area (Å²) in [6.07, 6.45) is 3.88. The first-order valence-corrected chi connectivity index (χ1v) is 22.8. The van der Waals surface area contributed by atoms with E-state index in [0.29, 0.717) is 0 Å². The van der Waals surface area contributed by atoms with Crippen LogP contribution in [0.3, 0.4) is 0 Å². The van der Waals surface area contributed by atoms with Crippen LogP contribution in [-0.2, 0) is 20.1 Å². The Morgan fingerprint density at radius 3 is 2.27 bits per heavy atom. The molecule has 0 unspecified atom stereocenters. The van der Waals surface area contributed by atoms with Gasteiger partial charge in [0.1, 0.15) is 0 Å². The third-order valence-electron chi connectivity index (χ3n) is 7.82. The molecule has 1 radical (unpaired) electrons. The molecule has 0 aliphatic rings. The molecule has 44 heavy (non-hydrogen) atoms. The summed E-state index contributed by atoms with van der Waals surface area (Å²) >= 11 is 0.0352. The van der Waals surface area contributed by atoms with E-state index in [1.807, 2.05) is 61.6 Å². The molecule has 4 aromatic carbocycles. The van der Waals surface area contributed by atoms with Crippen LogP contribution in [0.25, 0.3) is 53.5 Å². The summed E-state index contributed by atoms with van der Waals surface area (Å²) in [6, 6.07) is 37.8. The van der Waals surface area contributed by atoms with Crippen LogP contribution in [0.5, 0.6) is 0 Å². The second-order valence-electron chi connectivity index (χ2n) is 12.2. The van der Waals surface area contributed by atoms with Crippen LogP contribution in [0.15, 0.2) is 103 Å². The van der Waals surface area contributed by atoms with E-state index in [-0.39, 0.29) is 20.1 Å². The minimum Gasteiger partial charge on any atom is -0.305 e. The van der Waals surface area contributed by atoms with E-state index < -0.39 is 19.2 Å². The topological polar surface area (TPSA) is 25.8 Å². The van der Waals surface area contributed by atoms with Crippen molar-refractivity contribution in [2.75, 3.05) is 0 Å². The van der Waals surface area contributed by atoms with E-state index in [2.05, 4.69) is 107 Å². The molecule has 0 saturated heterocycles. The van der Waals surface area contributed by atoms with Crippen molar-refractivity contribution in [2.45, 2.75) is 43.9 Å². The Hall–Kier alpha value is -3.15. The monoisotopic (exact) mass is 832 g/mol. The van der Waals surface area contributed by atoms with Crippen molar-refractivity contribution in [2.24, 2.45) is 0 Å². The van der Waals surface area contributed by atoms with E-state index >= 15 is 0 Å². The van der Waals surface area contributed by atoms with Crippen LogP contribution < -0.4 is 4.40 Å². The number of hydrogen-bond donors (Lipinski definition) is 0. The minimum atomic E-state index is -1.77. The van der Waals surface area contributed by atoms with Crippen molar-refractivity contribution in [3.8, 4) is 22.5 Å². The molecule has 0 aliphatic carbocycles. The number of aromatic nitrogens is 2. The number of pyridine rings is 2. The van der Waals surface area contributed by atoms with E-state index in [1.165, 1.54) is 40.9 Å². The molecule has 0 saturated carbocycles. The number of fused-ring (bicyclic) bond motifs is 5. The van der Waals surface area contributed by atoms with Gasteiger partial charge >= 0.3 is 106 Å². The molecular formula is C39H36GeIrN2S-2. The van der Waals surface area contributed by atoms with Gasteiger partial charge in [-0.3, -0.25) is 0 Å². The van der Waals surface area contributed by atoms with Gasteiger partial charge in [0, 0.05) is 32.4 Å². The molecule has 5 heteroatoms. The third-order valence-corrected chi connectivity index (χ3v) is 13.6. The Morgan fingerprint density at radius 2 is 1.55 bits per heavy atom. The Labute approximate surface area is 282 Å². The largest absolute Gasteiger partial charge is 0.305 e. The fourth-order valence-corrected chi connectivity index (χ4v) is 10.5. The zero-order chi connectivity index (χ0) is 31.1. The first-order valence-electron chi connectivity index (χ1n) is 15.2. The number of benzene rings is 4. The molecule has 0 aliphatic heterocycles. The summed E-state index contributed by atoms with van der Waals surface area (Å²) in [6.45, 7) is 6.00. The van der Waals surface area contributed by atoms with E-state index in [1.54, 1.807) is 6.20 Å². The summed E-state index contributed by atoms with van der Waals surface area (Å²) in [7, 11) is 0. The van der Waals surface area contributed by atoms with Crippen LogP contribution in [0.4, 0.5) is 0 Å². The Morgan fingerprint density at radius 1 is 0.773 bits per heavy atom. The zero-order valence-electron chi connectivity index (χ0n) is 27.0. The fourth-order valence-electron chi connectivity index (χ4n) is 5.58. The van der Waals surface area contributed by atoms with Crippen molar-refractivity contribution in [1.82, 2.24) is 9.97 Å². The molecule has 7 rings (SSSR count). The summed E-state index contributed by atoms with van der Waals surface area (Å²) in [5, 5.41) is 5.07. The smallest absolute Gasteiger partial charge is 0.0346 e. The van der Waals surface area contributed by atoms with Crippen molar-refractivity contribution in [3.05, 3.63) is 127 Å².